The van der Waals surface area contributed by atoms with Crippen LogP contribution in [0.25, 0.3) is 11.3 Å². The van der Waals surface area contributed by atoms with Gasteiger partial charge in [-0.05, 0) is 57.9 Å². The Morgan fingerprint density at radius 3 is 2.55 bits per heavy atom. The Labute approximate surface area is 134 Å². The van der Waals surface area contributed by atoms with E-state index >= 15 is 0 Å². The molecule has 5 heteroatoms. The van der Waals surface area contributed by atoms with Gasteiger partial charge in [0.2, 0.25) is 0 Å². The van der Waals surface area contributed by atoms with Crippen LogP contribution in [0.2, 0.25) is 0 Å². The maximum absolute atomic E-state index is 11.0. The number of aliphatic carboxylic acids is 1. The molecule has 0 aliphatic heterocycles. The first-order valence-electron chi connectivity index (χ1n) is 7.27. The molecule has 1 N–H and O–H groups in total. The highest BCUT2D eigenvalue weighted by Gasteiger charge is 2.26. The van der Waals surface area contributed by atoms with Crippen LogP contribution < -0.4 is 4.74 Å². The lowest BCUT2D eigenvalue weighted by Gasteiger charge is -2.18. The van der Waals surface area contributed by atoms with Crippen LogP contribution in [0.15, 0.2) is 29.6 Å². The van der Waals surface area contributed by atoms with Gasteiger partial charge in [0, 0.05) is 10.9 Å². The fraction of sp³-hybridized carbons (Fsp3) is 0.412. The maximum atomic E-state index is 11.0. The van der Waals surface area contributed by atoms with Crippen molar-refractivity contribution in [1.82, 2.24) is 4.98 Å². The predicted molar refractivity (Wildman–Crippen MR) is 88.4 cm³/mol. The third-order valence-corrected chi connectivity index (χ3v) is 4.34. The number of benzene rings is 1. The molecule has 0 fully saturated rings. The summed E-state index contributed by atoms with van der Waals surface area (Å²) in [5.74, 6) is 0.0271. The molecule has 2 aromatic rings. The second-order valence-corrected chi connectivity index (χ2v) is 6.98. The number of hydrogen-bond acceptors (Lipinski definition) is 4. The Morgan fingerprint density at radius 2 is 2.00 bits per heavy atom. The van der Waals surface area contributed by atoms with Gasteiger partial charge in [-0.3, -0.25) is 4.79 Å². The van der Waals surface area contributed by atoms with Gasteiger partial charge in [0.25, 0.3) is 0 Å². The first kappa shape index (κ1) is 16.5. The summed E-state index contributed by atoms with van der Waals surface area (Å²) < 4.78 is 5.67. The molecule has 0 saturated carbocycles. The Kier molecular flexibility index (Phi) is 5.19. The van der Waals surface area contributed by atoms with E-state index in [9.17, 15) is 4.79 Å². The van der Waals surface area contributed by atoms with Gasteiger partial charge in [-0.25, -0.2) is 4.98 Å². The normalized spacial score (nSPS) is 11.4. The molecule has 0 atom stereocenters. The van der Waals surface area contributed by atoms with Gasteiger partial charge < -0.3 is 9.84 Å². The van der Waals surface area contributed by atoms with Crippen molar-refractivity contribution < 1.29 is 14.6 Å². The lowest BCUT2D eigenvalue weighted by atomic mass is 9.88. The molecule has 0 bridgehead atoms. The summed E-state index contributed by atoms with van der Waals surface area (Å²) in [6.07, 6.45) is 1.31. The van der Waals surface area contributed by atoms with Crippen molar-refractivity contribution in [2.45, 2.75) is 33.6 Å². The third kappa shape index (κ3) is 4.31. The lowest BCUT2D eigenvalue weighted by Crippen LogP contribution is -2.24. The quantitative estimate of drug-likeness (QED) is 0.769. The van der Waals surface area contributed by atoms with E-state index in [4.69, 9.17) is 9.84 Å². The fourth-order valence-corrected chi connectivity index (χ4v) is 2.65. The summed E-state index contributed by atoms with van der Waals surface area (Å²) in [4.78, 5) is 15.5. The number of carbonyl (C=O) groups is 1. The number of carboxylic acid groups (broad SMARTS) is 1. The Morgan fingerprint density at radius 1 is 1.32 bits per heavy atom. The molecule has 1 aromatic heterocycles. The van der Waals surface area contributed by atoms with Gasteiger partial charge in [-0.2, -0.15) is 0 Å². The topological polar surface area (TPSA) is 59.4 Å². The van der Waals surface area contributed by atoms with Crippen molar-refractivity contribution in [3.63, 3.8) is 0 Å². The van der Waals surface area contributed by atoms with Crippen molar-refractivity contribution in [2.24, 2.45) is 5.41 Å². The number of thiazole rings is 1. The van der Waals surface area contributed by atoms with Crippen LogP contribution in [-0.4, -0.2) is 22.7 Å². The second kappa shape index (κ2) is 6.92. The zero-order chi connectivity index (χ0) is 16.2. The Bertz CT molecular complexity index is 632. The zero-order valence-corrected chi connectivity index (χ0v) is 13.9. The molecule has 0 aliphatic rings. The molecular weight excluding hydrogens is 298 g/mol. The van der Waals surface area contributed by atoms with Crippen LogP contribution in [0.5, 0.6) is 5.75 Å². The smallest absolute Gasteiger partial charge is 0.309 e. The molecule has 1 aromatic carbocycles. The minimum Gasteiger partial charge on any atom is -0.494 e. The summed E-state index contributed by atoms with van der Waals surface area (Å²) >= 11 is 1.63. The minimum absolute atomic E-state index is 0.520. The number of nitrogens with zero attached hydrogens (tertiary/aromatic N) is 1. The predicted octanol–water partition coefficient (Wildman–Crippen LogP) is 4.39. The third-order valence-electron chi connectivity index (χ3n) is 3.56. The van der Waals surface area contributed by atoms with Gasteiger partial charge >= 0.3 is 5.97 Å². The van der Waals surface area contributed by atoms with Gasteiger partial charge in [-0.1, -0.05) is 0 Å². The monoisotopic (exact) mass is 319 g/mol. The summed E-state index contributed by atoms with van der Waals surface area (Å²) in [7, 11) is 0. The second-order valence-electron chi connectivity index (χ2n) is 5.92. The first-order chi connectivity index (χ1) is 10.4. The molecule has 2 rings (SSSR count). The summed E-state index contributed by atoms with van der Waals surface area (Å²) in [5, 5.41) is 12.1. The number of carboxylic acids is 1. The minimum atomic E-state index is -0.768. The number of rotatable bonds is 7. The summed E-state index contributed by atoms with van der Waals surface area (Å²) in [6.45, 7) is 5.98. The molecule has 22 heavy (non-hydrogen) atoms. The molecule has 1 heterocycles. The van der Waals surface area contributed by atoms with E-state index in [1.165, 1.54) is 0 Å². The number of hydrogen-bond donors (Lipinski definition) is 1. The van der Waals surface area contributed by atoms with Gasteiger partial charge in [-0.15, -0.1) is 11.3 Å². The lowest BCUT2D eigenvalue weighted by molar-refractivity contribution is -0.147. The van der Waals surface area contributed by atoms with Crippen molar-refractivity contribution in [1.29, 1.82) is 0 Å². The molecule has 0 unspecified atom stereocenters. The number of aryl methyl sites for hydroxylation is 1. The largest absolute Gasteiger partial charge is 0.494 e. The van der Waals surface area contributed by atoms with Crippen LogP contribution in [0, 0.1) is 12.3 Å². The molecule has 0 amide bonds. The van der Waals surface area contributed by atoms with Crippen molar-refractivity contribution in [3.05, 3.63) is 34.7 Å². The average molecular weight is 319 g/mol. The Hall–Kier alpha value is -1.88. The van der Waals surface area contributed by atoms with Crippen molar-refractivity contribution in [3.8, 4) is 17.0 Å². The van der Waals surface area contributed by atoms with Crippen LogP contribution in [-0.2, 0) is 4.79 Å². The van der Waals surface area contributed by atoms with Crippen molar-refractivity contribution >= 4 is 17.3 Å². The standard InChI is InChI=1S/C17H21NO3S/c1-12-18-15(11-22-12)13-5-7-14(8-6-13)21-10-4-9-17(2,3)16(19)20/h5-8,11H,4,9-10H2,1-3H3,(H,19,20). The van der Waals surface area contributed by atoms with Gasteiger partial charge in [0.1, 0.15) is 5.75 Å². The van der Waals surface area contributed by atoms with Gasteiger partial charge in [0.15, 0.2) is 0 Å². The molecule has 0 aliphatic carbocycles. The van der Waals surface area contributed by atoms with Crippen LogP contribution in [0.1, 0.15) is 31.7 Å². The summed E-state index contributed by atoms with van der Waals surface area (Å²) in [6, 6.07) is 7.83. The highest BCUT2D eigenvalue weighted by atomic mass is 32.1. The van der Waals surface area contributed by atoms with E-state index in [1.807, 2.05) is 36.6 Å². The van der Waals surface area contributed by atoms with Gasteiger partial charge in [0.05, 0.1) is 22.7 Å². The number of ether oxygens (including phenoxy) is 1. The van der Waals surface area contributed by atoms with E-state index in [1.54, 1.807) is 25.2 Å². The molecule has 0 spiro atoms. The first-order valence-corrected chi connectivity index (χ1v) is 8.15. The molecule has 0 radical (unpaired) electrons. The average Bonchev–Trinajstić information content (AvgIpc) is 2.91. The van der Waals surface area contributed by atoms with E-state index in [-0.39, 0.29) is 0 Å². The highest BCUT2D eigenvalue weighted by molar-refractivity contribution is 7.09. The van der Waals surface area contributed by atoms with Crippen LogP contribution >= 0.6 is 11.3 Å². The number of aromatic nitrogens is 1. The molecular formula is C17H21NO3S. The molecule has 118 valence electrons. The van der Waals surface area contributed by atoms with E-state index < -0.39 is 11.4 Å². The fourth-order valence-electron chi connectivity index (χ4n) is 2.03. The molecule has 4 nitrogen and oxygen atoms in total. The highest BCUT2D eigenvalue weighted by Crippen LogP contribution is 2.25. The SMILES string of the molecule is Cc1nc(-c2ccc(OCCCC(C)(C)C(=O)O)cc2)cs1. The molecule has 0 saturated heterocycles. The van der Waals surface area contributed by atoms with E-state index in [2.05, 4.69) is 4.98 Å². The van der Waals surface area contributed by atoms with Crippen LogP contribution in [0.4, 0.5) is 0 Å². The maximum Gasteiger partial charge on any atom is 0.309 e. The van der Waals surface area contributed by atoms with Crippen molar-refractivity contribution in [2.75, 3.05) is 6.61 Å². The van der Waals surface area contributed by atoms with E-state index in [0.717, 1.165) is 22.0 Å². The van der Waals surface area contributed by atoms with E-state index in [0.29, 0.717) is 19.4 Å². The zero-order valence-electron chi connectivity index (χ0n) is 13.1. The Balaban J connectivity index is 1.83. The van der Waals surface area contributed by atoms with Crippen LogP contribution in [0.3, 0.4) is 0 Å². The summed E-state index contributed by atoms with van der Waals surface area (Å²) in [5.41, 5.74) is 1.36.